The molecule has 4 heteroatoms. The lowest BCUT2D eigenvalue weighted by Gasteiger charge is -2.16. The first-order chi connectivity index (χ1) is 17.6. The molecule has 0 atom stereocenters. The van der Waals surface area contributed by atoms with E-state index in [-0.39, 0.29) is 0 Å². The first-order valence-corrected chi connectivity index (χ1v) is 12.0. The molecule has 0 spiro atoms. The van der Waals surface area contributed by atoms with Crippen molar-refractivity contribution in [2.24, 2.45) is 0 Å². The van der Waals surface area contributed by atoms with Crippen molar-refractivity contribution in [3.8, 4) is 45.3 Å². The zero-order valence-electron chi connectivity index (χ0n) is 21.1. The molecule has 6 bridgehead atoms. The molecular weight excluding hydrogens is 448 g/mol. The molecule has 0 saturated heterocycles. The molecule has 4 aromatic carbocycles. The minimum atomic E-state index is 0.806. The van der Waals surface area contributed by atoms with Crippen LogP contribution in [0.15, 0.2) is 72.8 Å². The summed E-state index contributed by atoms with van der Waals surface area (Å²) < 4.78 is 22.9. The smallest absolute Gasteiger partial charge is 0.126 e. The maximum atomic E-state index is 5.84. The van der Waals surface area contributed by atoms with E-state index in [1.807, 2.05) is 18.2 Å². The fraction of sp³-hybridized carbons (Fsp3) is 0.188. The van der Waals surface area contributed by atoms with Crippen LogP contribution in [-0.2, 0) is 12.8 Å². The van der Waals surface area contributed by atoms with Crippen molar-refractivity contribution >= 4 is 12.2 Å². The predicted molar refractivity (Wildman–Crippen MR) is 146 cm³/mol. The van der Waals surface area contributed by atoms with Gasteiger partial charge in [-0.15, -0.1) is 0 Å². The second-order valence-corrected chi connectivity index (χ2v) is 8.82. The van der Waals surface area contributed by atoms with Gasteiger partial charge in [0, 0.05) is 16.7 Å². The van der Waals surface area contributed by atoms with Crippen molar-refractivity contribution in [1.82, 2.24) is 0 Å². The third-order valence-electron chi connectivity index (χ3n) is 6.75. The van der Waals surface area contributed by atoms with Gasteiger partial charge in [-0.05, 0) is 89.2 Å². The zero-order valence-corrected chi connectivity index (χ0v) is 21.1. The second-order valence-electron chi connectivity index (χ2n) is 8.82. The zero-order chi connectivity index (χ0) is 25.1. The molecule has 182 valence electrons. The monoisotopic (exact) mass is 478 g/mol. The van der Waals surface area contributed by atoms with E-state index in [0.717, 1.165) is 69.2 Å². The molecular formula is C32H30O4. The highest BCUT2D eigenvalue weighted by Gasteiger charge is 2.15. The number of fused-ring (bicyclic) bond motifs is 3. The number of methoxy groups -OCH3 is 4. The third-order valence-corrected chi connectivity index (χ3v) is 6.75. The van der Waals surface area contributed by atoms with Crippen LogP contribution in [0.4, 0.5) is 0 Å². The van der Waals surface area contributed by atoms with E-state index in [0.29, 0.717) is 0 Å². The lowest BCUT2D eigenvalue weighted by Crippen LogP contribution is -1.98. The number of ether oxygens (including phenoxy) is 4. The fourth-order valence-corrected chi connectivity index (χ4v) is 4.80. The molecule has 0 radical (unpaired) electrons. The summed E-state index contributed by atoms with van der Waals surface area (Å²) in [4.78, 5) is 0. The number of aryl methyl sites for hydroxylation is 2. The first kappa shape index (κ1) is 23.6. The molecule has 0 amide bonds. The number of hydrogen-bond donors (Lipinski definition) is 0. The molecule has 0 aromatic heterocycles. The summed E-state index contributed by atoms with van der Waals surface area (Å²) >= 11 is 0. The van der Waals surface area contributed by atoms with Gasteiger partial charge in [-0.25, -0.2) is 0 Å². The van der Waals surface area contributed by atoms with Crippen LogP contribution < -0.4 is 18.9 Å². The standard InChI is InChI=1S/C32H30O4/c1-33-25-12-14-26-24(20-25)11-7-22-10-16-31(35-3)29(18-22)28-17-21(9-15-30(28)34-2)5-6-23-8-13-27(26)32(19-23)36-4/h7-20H,5-6H2,1-4H3/b11-7-. The fourth-order valence-electron chi connectivity index (χ4n) is 4.80. The molecule has 4 aromatic rings. The lowest BCUT2D eigenvalue weighted by molar-refractivity contribution is 0.410. The van der Waals surface area contributed by atoms with Crippen molar-refractivity contribution < 1.29 is 18.9 Å². The predicted octanol–water partition coefficient (Wildman–Crippen LogP) is 7.32. The maximum Gasteiger partial charge on any atom is 0.126 e. The molecule has 0 saturated carbocycles. The normalized spacial score (nSPS) is 13.0. The van der Waals surface area contributed by atoms with E-state index in [1.165, 1.54) is 11.1 Å². The van der Waals surface area contributed by atoms with Crippen LogP contribution in [0.25, 0.3) is 34.4 Å². The van der Waals surface area contributed by atoms with Crippen LogP contribution in [0, 0.1) is 0 Å². The van der Waals surface area contributed by atoms with Crippen LogP contribution in [0.3, 0.4) is 0 Å². The van der Waals surface area contributed by atoms with E-state index in [2.05, 4.69) is 66.7 Å². The van der Waals surface area contributed by atoms with Gasteiger partial charge in [-0.2, -0.15) is 0 Å². The van der Waals surface area contributed by atoms with E-state index >= 15 is 0 Å². The minimum absolute atomic E-state index is 0.806. The van der Waals surface area contributed by atoms with Gasteiger partial charge >= 0.3 is 0 Å². The van der Waals surface area contributed by atoms with E-state index in [4.69, 9.17) is 18.9 Å². The number of rotatable bonds is 4. The summed E-state index contributed by atoms with van der Waals surface area (Å²) in [7, 11) is 6.83. The summed E-state index contributed by atoms with van der Waals surface area (Å²) in [6.45, 7) is 0. The van der Waals surface area contributed by atoms with Crippen LogP contribution in [0.1, 0.15) is 22.3 Å². The van der Waals surface area contributed by atoms with Crippen molar-refractivity contribution in [2.75, 3.05) is 28.4 Å². The summed E-state index contributed by atoms with van der Waals surface area (Å²) in [6.07, 6.45) is 6.03. The quantitative estimate of drug-likeness (QED) is 0.308. The SMILES string of the molecule is COc1ccc2c(c1)/C=C\c1ccc(OC)c(c1)-c1cc(ccc1OC)CCc1ccc-2c(OC)c1. The second kappa shape index (κ2) is 10.2. The molecule has 4 nitrogen and oxygen atoms in total. The van der Waals surface area contributed by atoms with E-state index < -0.39 is 0 Å². The van der Waals surface area contributed by atoms with Crippen molar-refractivity contribution in [3.63, 3.8) is 0 Å². The highest BCUT2D eigenvalue weighted by atomic mass is 16.5. The summed E-state index contributed by atoms with van der Waals surface area (Å²) in [6, 6.07) is 25.2. The average Bonchev–Trinajstić information content (AvgIpc) is 2.93. The van der Waals surface area contributed by atoms with Crippen LogP contribution in [-0.4, -0.2) is 28.4 Å². The number of benzene rings is 4. The van der Waals surface area contributed by atoms with E-state index in [1.54, 1.807) is 28.4 Å². The minimum Gasteiger partial charge on any atom is -0.497 e. The van der Waals surface area contributed by atoms with Gasteiger partial charge in [-0.1, -0.05) is 36.4 Å². The topological polar surface area (TPSA) is 36.9 Å². The largest absolute Gasteiger partial charge is 0.497 e. The Hall–Kier alpha value is -4.18. The van der Waals surface area contributed by atoms with Crippen LogP contribution in [0.5, 0.6) is 23.0 Å². The van der Waals surface area contributed by atoms with Gasteiger partial charge in [0.1, 0.15) is 23.0 Å². The van der Waals surface area contributed by atoms with Crippen molar-refractivity contribution in [1.29, 1.82) is 0 Å². The maximum absolute atomic E-state index is 5.84. The Balaban J connectivity index is 1.76. The molecule has 0 unspecified atom stereocenters. The lowest BCUT2D eigenvalue weighted by atomic mass is 9.93. The number of hydrogen-bond acceptors (Lipinski definition) is 4. The van der Waals surface area contributed by atoms with Gasteiger partial charge in [-0.3, -0.25) is 0 Å². The Morgan fingerprint density at radius 3 is 1.83 bits per heavy atom. The highest BCUT2D eigenvalue weighted by molar-refractivity contribution is 5.86. The van der Waals surface area contributed by atoms with Gasteiger partial charge in [0.15, 0.2) is 0 Å². The van der Waals surface area contributed by atoms with Gasteiger partial charge in [0.2, 0.25) is 0 Å². The third kappa shape index (κ3) is 4.55. The average molecular weight is 479 g/mol. The van der Waals surface area contributed by atoms with Crippen molar-refractivity contribution in [3.05, 3.63) is 95.1 Å². The molecule has 2 aliphatic carbocycles. The molecule has 6 rings (SSSR count). The molecule has 0 aliphatic heterocycles. The molecule has 0 fully saturated rings. The first-order valence-electron chi connectivity index (χ1n) is 12.0. The Morgan fingerprint density at radius 1 is 0.472 bits per heavy atom. The highest BCUT2D eigenvalue weighted by Crippen LogP contribution is 2.40. The molecule has 0 N–H and O–H groups in total. The Morgan fingerprint density at radius 2 is 1.11 bits per heavy atom. The van der Waals surface area contributed by atoms with Gasteiger partial charge in [0.05, 0.1) is 28.4 Å². The Kier molecular flexibility index (Phi) is 6.68. The molecule has 2 aliphatic rings. The Labute approximate surface area is 212 Å². The summed E-state index contributed by atoms with van der Waals surface area (Å²) in [5, 5.41) is 0. The van der Waals surface area contributed by atoms with Crippen molar-refractivity contribution in [2.45, 2.75) is 12.8 Å². The summed E-state index contributed by atoms with van der Waals surface area (Å²) in [5.41, 5.74) is 8.73. The molecule has 36 heavy (non-hydrogen) atoms. The summed E-state index contributed by atoms with van der Waals surface area (Å²) in [5.74, 6) is 3.30. The van der Waals surface area contributed by atoms with Gasteiger partial charge < -0.3 is 18.9 Å². The Bertz CT molecular complexity index is 1430. The van der Waals surface area contributed by atoms with Crippen LogP contribution in [0.2, 0.25) is 0 Å². The molecule has 0 heterocycles. The van der Waals surface area contributed by atoms with E-state index in [9.17, 15) is 0 Å². The van der Waals surface area contributed by atoms with Crippen LogP contribution >= 0.6 is 0 Å². The van der Waals surface area contributed by atoms with Gasteiger partial charge in [0.25, 0.3) is 0 Å².